The minimum atomic E-state index is -0.0637. The molecule has 1 saturated heterocycles. The second-order valence-corrected chi connectivity index (χ2v) is 6.19. The minimum Gasteiger partial charge on any atom is -0.353 e. The van der Waals surface area contributed by atoms with Gasteiger partial charge in [-0.2, -0.15) is 0 Å². The summed E-state index contributed by atoms with van der Waals surface area (Å²) in [5, 5.41) is 0. The highest BCUT2D eigenvalue weighted by Crippen LogP contribution is 2.16. The van der Waals surface area contributed by atoms with Crippen LogP contribution in [0.25, 0.3) is 0 Å². The van der Waals surface area contributed by atoms with Gasteiger partial charge < -0.3 is 9.47 Å². The van der Waals surface area contributed by atoms with Crippen molar-refractivity contribution in [2.24, 2.45) is 0 Å². The molecule has 0 bridgehead atoms. The number of ether oxygens (including phenoxy) is 2. The molecule has 1 fully saturated rings. The number of ketones is 1. The van der Waals surface area contributed by atoms with Gasteiger partial charge in [0, 0.05) is 23.3 Å². The SMILES string of the molecule is CC(=O)c1ccc(C#Cc2ccc(COC3CCCCO3)cc2)cc1. The Morgan fingerprint density at radius 2 is 1.68 bits per heavy atom. The molecule has 25 heavy (non-hydrogen) atoms. The summed E-state index contributed by atoms with van der Waals surface area (Å²) in [5.41, 5.74) is 3.67. The molecule has 2 aromatic rings. The summed E-state index contributed by atoms with van der Waals surface area (Å²) >= 11 is 0. The summed E-state index contributed by atoms with van der Waals surface area (Å²) in [7, 11) is 0. The maximum Gasteiger partial charge on any atom is 0.159 e. The van der Waals surface area contributed by atoms with Crippen molar-refractivity contribution in [1.29, 1.82) is 0 Å². The van der Waals surface area contributed by atoms with Gasteiger partial charge in [0.25, 0.3) is 0 Å². The summed E-state index contributed by atoms with van der Waals surface area (Å²) in [4.78, 5) is 11.3. The fourth-order valence-electron chi connectivity index (χ4n) is 2.65. The van der Waals surface area contributed by atoms with Gasteiger partial charge in [-0.05, 0) is 56.0 Å². The molecular formula is C22H22O3. The fourth-order valence-corrected chi connectivity index (χ4v) is 2.65. The van der Waals surface area contributed by atoms with Gasteiger partial charge in [0.15, 0.2) is 12.1 Å². The molecule has 1 atom stereocenters. The van der Waals surface area contributed by atoms with Gasteiger partial charge in [-0.25, -0.2) is 0 Å². The molecule has 0 amide bonds. The van der Waals surface area contributed by atoms with Crippen LogP contribution in [0.4, 0.5) is 0 Å². The van der Waals surface area contributed by atoms with Gasteiger partial charge in [0.1, 0.15) is 0 Å². The minimum absolute atomic E-state index is 0.0637. The quantitative estimate of drug-likeness (QED) is 0.616. The van der Waals surface area contributed by atoms with Crippen LogP contribution in [0.3, 0.4) is 0 Å². The first-order chi connectivity index (χ1) is 12.2. The Hall–Kier alpha value is -2.41. The average molecular weight is 334 g/mol. The van der Waals surface area contributed by atoms with Gasteiger partial charge >= 0.3 is 0 Å². The van der Waals surface area contributed by atoms with Crippen molar-refractivity contribution < 1.29 is 14.3 Å². The van der Waals surface area contributed by atoms with Crippen molar-refractivity contribution >= 4 is 5.78 Å². The molecule has 3 rings (SSSR count). The second-order valence-electron chi connectivity index (χ2n) is 6.19. The fraction of sp³-hybridized carbons (Fsp3) is 0.318. The Morgan fingerprint density at radius 3 is 2.24 bits per heavy atom. The summed E-state index contributed by atoms with van der Waals surface area (Å²) in [6.45, 7) is 2.92. The van der Waals surface area contributed by atoms with Crippen LogP contribution < -0.4 is 0 Å². The lowest BCUT2D eigenvalue weighted by Crippen LogP contribution is -2.21. The second kappa shape index (κ2) is 8.62. The Labute approximate surface area is 149 Å². The van der Waals surface area contributed by atoms with Gasteiger partial charge in [-0.15, -0.1) is 0 Å². The maximum atomic E-state index is 11.3. The lowest BCUT2D eigenvalue weighted by atomic mass is 10.1. The topological polar surface area (TPSA) is 35.5 Å². The van der Waals surface area contributed by atoms with E-state index in [0.29, 0.717) is 12.2 Å². The molecule has 3 nitrogen and oxygen atoms in total. The van der Waals surface area contributed by atoms with E-state index >= 15 is 0 Å². The van der Waals surface area contributed by atoms with Crippen molar-refractivity contribution in [3.8, 4) is 11.8 Å². The number of carbonyl (C=O) groups excluding carboxylic acids is 1. The highest BCUT2D eigenvalue weighted by atomic mass is 16.7. The third-order valence-corrected chi connectivity index (χ3v) is 4.17. The molecule has 0 radical (unpaired) electrons. The Balaban J connectivity index is 1.56. The number of hydrogen-bond acceptors (Lipinski definition) is 3. The number of rotatable bonds is 4. The van der Waals surface area contributed by atoms with Crippen molar-refractivity contribution in [1.82, 2.24) is 0 Å². The zero-order valence-corrected chi connectivity index (χ0v) is 14.5. The molecule has 0 aliphatic carbocycles. The molecule has 128 valence electrons. The standard InChI is InChI=1S/C22H22O3/c1-17(23)21-13-11-19(12-14-21)6-5-18-7-9-20(10-8-18)16-25-22-4-2-3-15-24-22/h7-14,22H,2-4,15-16H2,1H3. The molecular weight excluding hydrogens is 312 g/mol. The molecule has 0 N–H and O–H groups in total. The summed E-state index contributed by atoms with van der Waals surface area (Å²) in [5.74, 6) is 6.33. The lowest BCUT2D eigenvalue weighted by Gasteiger charge is -2.22. The molecule has 3 heteroatoms. The number of carbonyl (C=O) groups is 1. The smallest absolute Gasteiger partial charge is 0.159 e. The van der Waals surface area contributed by atoms with E-state index in [1.54, 1.807) is 19.1 Å². The number of benzene rings is 2. The van der Waals surface area contributed by atoms with Crippen LogP contribution in [0.5, 0.6) is 0 Å². The van der Waals surface area contributed by atoms with E-state index in [4.69, 9.17) is 9.47 Å². The summed E-state index contributed by atoms with van der Waals surface area (Å²) in [6, 6.07) is 15.4. The van der Waals surface area contributed by atoms with Gasteiger partial charge in [-0.3, -0.25) is 4.79 Å². The normalized spacial score (nSPS) is 16.8. The van der Waals surface area contributed by atoms with Crippen LogP contribution in [0.15, 0.2) is 48.5 Å². The number of Topliss-reactive ketones (excluding diaryl/α,β-unsaturated/α-hetero) is 1. The predicted molar refractivity (Wildman–Crippen MR) is 97.2 cm³/mol. The molecule has 1 heterocycles. The third-order valence-electron chi connectivity index (χ3n) is 4.17. The zero-order valence-electron chi connectivity index (χ0n) is 14.5. The van der Waals surface area contributed by atoms with Crippen LogP contribution in [0.2, 0.25) is 0 Å². The molecule has 0 saturated carbocycles. The Bertz CT molecular complexity index is 758. The van der Waals surface area contributed by atoms with Crippen molar-refractivity contribution in [3.63, 3.8) is 0 Å². The first-order valence-electron chi connectivity index (χ1n) is 8.66. The molecule has 1 aliphatic rings. The van der Waals surface area contributed by atoms with E-state index in [-0.39, 0.29) is 12.1 Å². The van der Waals surface area contributed by atoms with Crippen LogP contribution in [0, 0.1) is 11.8 Å². The summed E-state index contributed by atoms with van der Waals surface area (Å²) in [6.07, 6.45) is 3.22. The molecule has 0 spiro atoms. The van der Waals surface area contributed by atoms with Crippen LogP contribution in [0.1, 0.15) is 53.2 Å². The Morgan fingerprint density at radius 1 is 1.04 bits per heavy atom. The van der Waals surface area contributed by atoms with E-state index in [9.17, 15) is 4.79 Å². The average Bonchev–Trinajstić information content (AvgIpc) is 2.67. The predicted octanol–water partition coefficient (Wildman–Crippen LogP) is 4.33. The maximum absolute atomic E-state index is 11.3. The van der Waals surface area contributed by atoms with E-state index in [1.165, 1.54) is 6.42 Å². The van der Waals surface area contributed by atoms with Crippen LogP contribution >= 0.6 is 0 Å². The first-order valence-corrected chi connectivity index (χ1v) is 8.66. The monoisotopic (exact) mass is 334 g/mol. The third kappa shape index (κ3) is 5.29. The summed E-state index contributed by atoms with van der Waals surface area (Å²) < 4.78 is 11.4. The van der Waals surface area contributed by atoms with Crippen LogP contribution in [-0.4, -0.2) is 18.7 Å². The molecule has 1 unspecified atom stereocenters. The van der Waals surface area contributed by atoms with E-state index < -0.39 is 0 Å². The molecule has 1 aliphatic heterocycles. The van der Waals surface area contributed by atoms with Crippen molar-refractivity contribution in [3.05, 3.63) is 70.8 Å². The van der Waals surface area contributed by atoms with Gasteiger partial charge in [0.2, 0.25) is 0 Å². The van der Waals surface area contributed by atoms with Gasteiger partial charge in [0.05, 0.1) is 6.61 Å². The highest BCUT2D eigenvalue weighted by Gasteiger charge is 2.13. The van der Waals surface area contributed by atoms with Crippen molar-refractivity contribution in [2.45, 2.75) is 39.1 Å². The molecule has 0 aromatic heterocycles. The van der Waals surface area contributed by atoms with E-state index in [2.05, 4.69) is 11.8 Å². The largest absolute Gasteiger partial charge is 0.353 e. The Kier molecular flexibility index (Phi) is 6.00. The van der Waals surface area contributed by atoms with Crippen molar-refractivity contribution in [2.75, 3.05) is 6.61 Å². The van der Waals surface area contributed by atoms with Crippen LogP contribution in [-0.2, 0) is 16.1 Å². The first kappa shape index (κ1) is 17.4. The van der Waals surface area contributed by atoms with Gasteiger partial charge in [-0.1, -0.05) is 36.1 Å². The zero-order chi connectivity index (χ0) is 17.5. The van der Waals surface area contributed by atoms with E-state index in [1.807, 2.05) is 36.4 Å². The lowest BCUT2D eigenvalue weighted by molar-refractivity contribution is -0.168. The number of hydrogen-bond donors (Lipinski definition) is 0. The highest BCUT2D eigenvalue weighted by molar-refractivity contribution is 5.94. The van der Waals surface area contributed by atoms with E-state index in [0.717, 1.165) is 36.1 Å². The molecule has 2 aromatic carbocycles.